The maximum atomic E-state index is 4.57. The van der Waals surface area contributed by atoms with E-state index in [1.54, 1.807) is 11.3 Å². The van der Waals surface area contributed by atoms with Gasteiger partial charge in [-0.05, 0) is 6.42 Å². The minimum absolute atomic E-state index is 0.517. The molecule has 1 aromatic rings. The number of nitrogens with one attached hydrogen (secondary N) is 2. The van der Waals surface area contributed by atoms with Crippen LogP contribution in [-0.2, 0) is 6.54 Å². The van der Waals surface area contributed by atoms with Crippen LogP contribution in [0.2, 0.25) is 0 Å². The molecule has 2 rings (SSSR count). The highest BCUT2D eigenvalue weighted by atomic mass is 32.1. The van der Waals surface area contributed by atoms with Crippen LogP contribution in [0.1, 0.15) is 36.9 Å². The molecule has 0 spiro atoms. The van der Waals surface area contributed by atoms with Crippen LogP contribution in [0, 0.1) is 0 Å². The van der Waals surface area contributed by atoms with Gasteiger partial charge in [0.2, 0.25) is 0 Å². The zero-order valence-electron chi connectivity index (χ0n) is 9.79. The van der Waals surface area contributed by atoms with Crippen LogP contribution in [0.3, 0.4) is 0 Å². The monoisotopic (exact) mass is 238 g/mol. The zero-order chi connectivity index (χ0) is 11.4. The van der Waals surface area contributed by atoms with Crippen molar-refractivity contribution in [2.45, 2.75) is 32.7 Å². The fourth-order valence-electron chi connectivity index (χ4n) is 1.49. The number of nitrogens with zero attached hydrogens (tertiary/aromatic N) is 2. The van der Waals surface area contributed by atoms with Gasteiger partial charge in [0.25, 0.3) is 0 Å². The molecule has 0 amide bonds. The van der Waals surface area contributed by atoms with Gasteiger partial charge in [-0.15, -0.1) is 11.3 Å². The van der Waals surface area contributed by atoms with E-state index in [9.17, 15) is 0 Å². The van der Waals surface area contributed by atoms with Crippen molar-refractivity contribution in [2.24, 2.45) is 4.99 Å². The summed E-state index contributed by atoms with van der Waals surface area (Å²) in [5, 5.41) is 9.83. The molecule has 0 unspecified atom stereocenters. The summed E-state index contributed by atoms with van der Waals surface area (Å²) >= 11 is 1.73. The lowest BCUT2D eigenvalue weighted by atomic mass is 10.2. The summed E-state index contributed by atoms with van der Waals surface area (Å²) in [6.07, 6.45) is 1.12. The second-order valence-electron chi connectivity index (χ2n) is 4.20. The van der Waals surface area contributed by atoms with E-state index < -0.39 is 0 Å². The summed E-state index contributed by atoms with van der Waals surface area (Å²) in [5.74, 6) is 1.43. The first-order valence-electron chi connectivity index (χ1n) is 5.72. The maximum Gasteiger partial charge on any atom is 0.191 e. The largest absolute Gasteiger partial charge is 0.356 e. The van der Waals surface area contributed by atoms with Crippen LogP contribution in [0.15, 0.2) is 10.4 Å². The molecule has 0 bridgehead atoms. The van der Waals surface area contributed by atoms with Crippen molar-refractivity contribution < 1.29 is 0 Å². The Bertz CT molecular complexity index is 370. The number of aromatic nitrogens is 1. The molecule has 0 saturated heterocycles. The van der Waals surface area contributed by atoms with Crippen LogP contribution in [-0.4, -0.2) is 24.0 Å². The third-order valence-electron chi connectivity index (χ3n) is 2.40. The molecule has 5 heteroatoms. The van der Waals surface area contributed by atoms with E-state index in [1.165, 1.54) is 5.01 Å². The molecular weight excluding hydrogens is 220 g/mol. The lowest BCUT2D eigenvalue weighted by Crippen LogP contribution is -2.40. The van der Waals surface area contributed by atoms with Gasteiger partial charge in [-0.3, -0.25) is 4.99 Å². The van der Waals surface area contributed by atoms with E-state index in [4.69, 9.17) is 0 Å². The van der Waals surface area contributed by atoms with Crippen molar-refractivity contribution in [1.82, 2.24) is 15.6 Å². The van der Waals surface area contributed by atoms with E-state index in [2.05, 4.69) is 39.8 Å². The molecule has 1 aliphatic heterocycles. The van der Waals surface area contributed by atoms with Crippen LogP contribution in [0.5, 0.6) is 0 Å². The van der Waals surface area contributed by atoms with Crippen LogP contribution in [0.25, 0.3) is 0 Å². The fraction of sp³-hybridized carbons (Fsp3) is 0.636. The number of thiazole rings is 1. The Labute approximate surface area is 100 Å². The molecule has 16 heavy (non-hydrogen) atoms. The van der Waals surface area contributed by atoms with Gasteiger partial charge in [-0.1, -0.05) is 13.8 Å². The quantitative estimate of drug-likeness (QED) is 0.843. The molecular formula is C11H18N4S. The van der Waals surface area contributed by atoms with E-state index in [0.29, 0.717) is 5.92 Å². The van der Waals surface area contributed by atoms with Crippen molar-refractivity contribution in [3.05, 3.63) is 16.1 Å². The van der Waals surface area contributed by atoms with E-state index >= 15 is 0 Å². The second kappa shape index (κ2) is 5.30. The van der Waals surface area contributed by atoms with Crippen LogP contribution < -0.4 is 10.6 Å². The van der Waals surface area contributed by atoms with Crippen LogP contribution >= 0.6 is 11.3 Å². The van der Waals surface area contributed by atoms with Gasteiger partial charge in [-0.2, -0.15) is 0 Å². The summed E-state index contributed by atoms with van der Waals surface area (Å²) in [6.45, 7) is 7.03. The average Bonchev–Trinajstić information content (AvgIpc) is 2.76. The standard InChI is InChI=1S/C11H18N4S/c1-8(2)10-15-9(7-16-10)6-14-11-12-4-3-5-13-11/h7-8H,3-6H2,1-2H3,(H2,12,13,14). The van der Waals surface area contributed by atoms with E-state index in [0.717, 1.165) is 37.7 Å². The highest BCUT2D eigenvalue weighted by Crippen LogP contribution is 2.18. The Hall–Kier alpha value is -1.10. The van der Waals surface area contributed by atoms with Gasteiger partial charge >= 0.3 is 0 Å². The molecule has 2 N–H and O–H groups in total. The molecule has 2 heterocycles. The summed E-state index contributed by atoms with van der Waals surface area (Å²) in [7, 11) is 0. The molecule has 0 fully saturated rings. The molecule has 88 valence electrons. The average molecular weight is 238 g/mol. The first kappa shape index (κ1) is 11.4. The number of hydrogen-bond acceptors (Lipinski definition) is 5. The summed E-state index contributed by atoms with van der Waals surface area (Å²) in [6, 6.07) is 0. The molecule has 4 nitrogen and oxygen atoms in total. The molecule has 0 saturated carbocycles. The fourth-order valence-corrected chi connectivity index (χ4v) is 2.33. The first-order valence-corrected chi connectivity index (χ1v) is 6.60. The minimum Gasteiger partial charge on any atom is -0.356 e. The number of aliphatic imine (C=N–C) groups is 1. The summed E-state index contributed by atoms with van der Waals surface area (Å²) in [5.41, 5.74) is 1.10. The lowest BCUT2D eigenvalue weighted by Gasteiger charge is -2.15. The topological polar surface area (TPSA) is 49.3 Å². The number of hydrogen-bond donors (Lipinski definition) is 2. The Morgan fingerprint density at radius 3 is 3.06 bits per heavy atom. The van der Waals surface area contributed by atoms with Crippen molar-refractivity contribution in [3.63, 3.8) is 0 Å². The van der Waals surface area contributed by atoms with E-state index in [1.807, 2.05) is 0 Å². The SMILES string of the molecule is CC(C)c1nc(CNC2=NCCCN2)cs1. The van der Waals surface area contributed by atoms with Gasteiger partial charge in [0, 0.05) is 24.4 Å². The first-order chi connectivity index (χ1) is 7.75. The Kier molecular flexibility index (Phi) is 3.77. The third-order valence-corrected chi connectivity index (χ3v) is 3.59. The Balaban J connectivity index is 1.86. The Morgan fingerprint density at radius 1 is 1.56 bits per heavy atom. The number of rotatable bonds is 3. The van der Waals surface area contributed by atoms with Crippen LogP contribution in [0.4, 0.5) is 0 Å². The van der Waals surface area contributed by atoms with E-state index in [-0.39, 0.29) is 0 Å². The molecule has 1 aliphatic rings. The number of guanidine groups is 1. The van der Waals surface area contributed by atoms with Gasteiger partial charge in [-0.25, -0.2) is 4.98 Å². The van der Waals surface area contributed by atoms with Crippen molar-refractivity contribution in [3.8, 4) is 0 Å². The third kappa shape index (κ3) is 2.95. The molecule has 1 aromatic heterocycles. The van der Waals surface area contributed by atoms with Gasteiger partial charge in [0.1, 0.15) is 0 Å². The zero-order valence-corrected chi connectivity index (χ0v) is 10.6. The molecule has 0 aromatic carbocycles. The second-order valence-corrected chi connectivity index (χ2v) is 5.09. The maximum absolute atomic E-state index is 4.57. The smallest absolute Gasteiger partial charge is 0.191 e. The van der Waals surface area contributed by atoms with Gasteiger partial charge in [0.15, 0.2) is 5.96 Å². The normalized spacial score (nSPS) is 15.8. The predicted molar refractivity (Wildman–Crippen MR) is 68.0 cm³/mol. The lowest BCUT2D eigenvalue weighted by molar-refractivity contribution is 0.698. The van der Waals surface area contributed by atoms with Crippen molar-refractivity contribution >= 4 is 17.3 Å². The van der Waals surface area contributed by atoms with Crippen molar-refractivity contribution in [2.75, 3.05) is 13.1 Å². The molecule has 0 atom stereocenters. The molecule has 0 aliphatic carbocycles. The minimum atomic E-state index is 0.517. The predicted octanol–water partition coefficient (Wildman–Crippen LogP) is 1.71. The van der Waals surface area contributed by atoms with Gasteiger partial charge in [0.05, 0.1) is 17.2 Å². The summed E-state index contributed by atoms with van der Waals surface area (Å²) < 4.78 is 0. The van der Waals surface area contributed by atoms with Crippen molar-refractivity contribution in [1.29, 1.82) is 0 Å². The molecule has 0 radical (unpaired) electrons. The highest BCUT2D eigenvalue weighted by Gasteiger charge is 2.07. The highest BCUT2D eigenvalue weighted by molar-refractivity contribution is 7.09. The van der Waals surface area contributed by atoms with Gasteiger partial charge < -0.3 is 10.6 Å². The Morgan fingerprint density at radius 2 is 2.44 bits per heavy atom. The summed E-state index contributed by atoms with van der Waals surface area (Å²) in [4.78, 5) is 8.92.